The monoisotopic (exact) mass is 387 g/mol. The number of alkyl halides is 6. The Morgan fingerprint density at radius 1 is 1.04 bits per heavy atom. The van der Waals surface area contributed by atoms with E-state index in [0.29, 0.717) is 10.6 Å². The number of fused-ring (bicyclic) bond motifs is 1. The second-order valence-electron chi connectivity index (χ2n) is 5.63. The minimum atomic E-state index is -4.91. The van der Waals surface area contributed by atoms with Crippen LogP contribution in [0.2, 0.25) is 0 Å². The minimum absolute atomic E-state index is 0.155. The summed E-state index contributed by atoms with van der Waals surface area (Å²) in [5, 5.41) is 0.155. The van der Waals surface area contributed by atoms with E-state index in [-0.39, 0.29) is 23.0 Å². The Kier molecular flexibility index (Phi) is 4.44. The highest BCUT2D eigenvalue weighted by molar-refractivity contribution is 5.83. The summed E-state index contributed by atoms with van der Waals surface area (Å²) in [5.74, 6) is 0. The van der Waals surface area contributed by atoms with Crippen LogP contribution in [0.4, 0.5) is 26.3 Å². The van der Waals surface area contributed by atoms with Crippen LogP contribution in [0.1, 0.15) is 23.9 Å². The van der Waals surface area contributed by atoms with Gasteiger partial charge in [0.2, 0.25) is 0 Å². The molecule has 0 amide bonds. The maximum atomic E-state index is 13.3. The number of aryl methyl sites for hydroxylation is 1. The van der Waals surface area contributed by atoms with Crippen molar-refractivity contribution < 1.29 is 26.3 Å². The third-order valence-corrected chi connectivity index (χ3v) is 3.93. The molecular formula is C17H11F6N3O. The van der Waals surface area contributed by atoms with Gasteiger partial charge in [-0.05, 0) is 30.7 Å². The molecule has 0 N–H and O–H groups in total. The molecule has 0 saturated carbocycles. The molecule has 0 saturated heterocycles. The topological polar surface area (TPSA) is 47.8 Å². The van der Waals surface area contributed by atoms with Crippen molar-refractivity contribution in [1.82, 2.24) is 14.5 Å². The molecule has 1 aromatic carbocycles. The van der Waals surface area contributed by atoms with E-state index in [0.717, 1.165) is 30.5 Å². The van der Waals surface area contributed by atoms with Crippen LogP contribution in [-0.2, 0) is 18.8 Å². The molecule has 0 aliphatic rings. The van der Waals surface area contributed by atoms with Crippen molar-refractivity contribution >= 4 is 10.9 Å². The third kappa shape index (κ3) is 3.38. The van der Waals surface area contributed by atoms with E-state index < -0.39 is 35.0 Å². The maximum Gasteiger partial charge on any atom is 0.435 e. The first-order valence-electron chi connectivity index (χ1n) is 7.69. The van der Waals surface area contributed by atoms with E-state index in [1.807, 2.05) is 0 Å². The molecule has 27 heavy (non-hydrogen) atoms. The van der Waals surface area contributed by atoms with Crippen molar-refractivity contribution in [2.24, 2.45) is 0 Å². The van der Waals surface area contributed by atoms with Crippen LogP contribution in [0.5, 0.6) is 0 Å². The fraction of sp³-hybridized carbons (Fsp3) is 0.235. The lowest BCUT2D eigenvalue weighted by molar-refractivity contribution is -0.141. The number of pyridine rings is 1. The summed E-state index contributed by atoms with van der Waals surface area (Å²) in [6.45, 7) is 1.63. The first-order chi connectivity index (χ1) is 12.5. The molecule has 0 bridgehead atoms. The first-order valence-corrected chi connectivity index (χ1v) is 7.69. The van der Waals surface area contributed by atoms with Crippen LogP contribution < -0.4 is 5.69 Å². The van der Waals surface area contributed by atoms with Crippen molar-refractivity contribution in [2.45, 2.75) is 25.7 Å². The molecule has 0 aliphatic carbocycles. The largest absolute Gasteiger partial charge is 0.435 e. The minimum Gasteiger partial charge on any atom is -0.258 e. The summed E-state index contributed by atoms with van der Waals surface area (Å²) in [6.07, 6.45) is -8.54. The summed E-state index contributed by atoms with van der Waals surface area (Å²) < 4.78 is 79.7. The SMILES string of the molecule is CCc1nc(=O)n(-c2cccnc2C(F)(F)F)c2cc(C(F)(F)F)ccc12. The Hall–Kier alpha value is -2.91. The predicted molar refractivity (Wildman–Crippen MR) is 84.5 cm³/mol. The molecular weight excluding hydrogens is 376 g/mol. The number of hydrogen-bond donors (Lipinski definition) is 0. The fourth-order valence-corrected chi connectivity index (χ4v) is 2.76. The standard InChI is InChI=1S/C17H11F6N3O/c1-2-11-10-6-5-9(16(18,19)20)8-13(10)26(15(27)25-11)12-4-3-7-24-14(12)17(21,22)23/h3-8H,2H2,1H3. The Labute approximate surface area is 148 Å². The molecule has 0 spiro atoms. The van der Waals surface area contributed by atoms with E-state index in [9.17, 15) is 31.1 Å². The first kappa shape index (κ1) is 18.9. The maximum absolute atomic E-state index is 13.3. The quantitative estimate of drug-likeness (QED) is 0.613. The molecule has 0 fully saturated rings. The summed E-state index contributed by atoms with van der Waals surface area (Å²) in [7, 11) is 0. The zero-order chi connectivity index (χ0) is 20.0. The number of halogens is 6. The highest BCUT2D eigenvalue weighted by Gasteiger charge is 2.37. The molecule has 0 radical (unpaired) electrons. The molecule has 4 nitrogen and oxygen atoms in total. The van der Waals surface area contributed by atoms with E-state index in [1.165, 1.54) is 0 Å². The fourth-order valence-electron chi connectivity index (χ4n) is 2.76. The second kappa shape index (κ2) is 6.36. The number of benzene rings is 1. The number of aromatic nitrogens is 3. The van der Waals surface area contributed by atoms with Crippen LogP contribution in [0.3, 0.4) is 0 Å². The number of hydrogen-bond acceptors (Lipinski definition) is 3. The van der Waals surface area contributed by atoms with E-state index in [1.54, 1.807) is 6.92 Å². The predicted octanol–water partition coefficient (Wildman–Crippen LogP) is 4.38. The van der Waals surface area contributed by atoms with Gasteiger partial charge >= 0.3 is 18.0 Å². The number of rotatable bonds is 2. The van der Waals surface area contributed by atoms with Gasteiger partial charge in [0.05, 0.1) is 22.5 Å². The zero-order valence-corrected chi connectivity index (χ0v) is 13.7. The van der Waals surface area contributed by atoms with Crippen LogP contribution in [0.25, 0.3) is 16.6 Å². The second-order valence-corrected chi connectivity index (χ2v) is 5.63. The molecule has 10 heteroatoms. The van der Waals surface area contributed by atoms with Crippen molar-refractivity contribution in [3.05, 3.63) is 64.0 Å². The molecule has 3 aromatic rings. The summed E-state index contributed by atoms with van der Waals surface area (Å²) in [4.78, 5) is 19.4. The molecule has 0 aliphatic heterocycles. The molecule has 0 unspecified atom stereocenters. The van der Waals surface area contributed by atoms with Gasteiger partial charge in [0.15, 0.2) is 5.69 Å². The van der Waals surface area contributed by atoms with Gasteiger partial charge in [-0.3, -0.25) is 4.57 Å². The van der Waals surface area contributed by atoms with E-state index in [4.69, 9.17) is 0 Å². The molecule has 3 rings (SSSR count). The van der Waals surface area contributed by atoms with Crippen LogP contribution in [-0.4, -0.2) is 14.5 Å². The van der Waals surface area contributed by atoms with Gasteiger partial charge in [-0.15, -0.1) is 0 Å². The average Bonchev–Trinajstić information content (AvgIpc) is 2.59. The Morgan fingerprint density at radius 2 is 1.74 bits per heavy atom. The Morgan fingerprint density at radius 3 is 2.33 bits per heavy atom. The van der Waals surface area contributed by atoms with Crippen molar-refractivity contribution in [3.63, 3.8) is 0 Å². The van der Waals surface area contributed by atoms with Gasteiger partial charge in [-0.1, -0.05) is 13.0 Å². The average molecular weight is 387 g/mol. The van der Waals surface area contributed by atoms with Crippen molar-refractivity contribution in [2.75, 3.05) is 0 Å². The normalized spacial score (nSPS) is 12.6. The zero-order valence-electron chi connectivity index (χ0n) is 13.7. The van der Waals surface area contributed by atoms with Gasteiger partial charge in [0.25, 0.3) is 0 Å². The van der Waals surface area contributed by atoms with E-state index in [2.05, 4.69) is 9.97 Å². The van der Waals surface area contributed by atoms with Gasteiger partial charge in [0.1, 0.15) is 0 Å². The lowest BCUT2D eigenvalue weighted by Crippen LogP contribution is -2.26. The number of nitrogens with zero attached hydrogens (tertiary/aromatic N) is 3. The molecule has 2 aromatic heterocycles. The molecule has 142 valence electrons. The van der Waals surface area contributed by atoms with Crippen LogP contribution in [0, 0.1) is 0 Å². The summed E-state index contributed by atoms with van der Waals surface area (Å²) in [6, 6.07) is 4.66. The highest BCUT2D eigenvalue weighted by atomic mass is 19.4. The smallest absolute Gasteiger partial charge is 0.258 e. The van der Waals surface area contributed by atoms with Gasteiger partial charge < -0.3 is 0 Å². The third-order valence-electron chi connectivity index (χ3n) is 3.93. The Balaban J connectivity index is 2.47. The highest BCUT2D eigenvalue weighted by Crippen LogP contribution is 2.35. The van der Waals surface area contributed by atoms with Gasteiger partial charge in [0, 0.05) is 11.6 Å². The van der Waals surface area contributed by atoms with Gasteiger partial charge in [-0.25, -0.2) is 9.78 Å². The lowest BCUT2D eigenvalue weighted by atomic mass is 10.1. The van der Waals surface area contributed by atoms with Crippen LogP contribution >= 0.6 is 0 Å². The van der Waals surface area contributed by atoms with Crippen molar-refractivity contribution in [1.29, 1.82) is 0 Å². The summed E-state index contributed by atoms with van der Waals surface area (Å²) in [5.41, 5.74) is -4.41. The molecule has 0 atom stereocenters. The van der Waals surface area contributed by atoms with Crippen LogP contribution in [0.15, 0.2) is 41.3 Å². The summed E-state index contributed by atoms with van der Waals surface area (Å²) >= 11 is 0. The van der Waals surface area contributed by atoms with Gasteiger partial charge in [-0.2, -0.15) is 31.3 Å². The lowest BCUT2D eigenvalue weighted by Gasteiger charge is -2.17. The van der Waals surface area contributed by atoms with Crippen molar-refractivity contribution in [3.8, 4) is 5.69 Å². The molecule has 2 heterocycles. The Bertz CT molecular complexity index is 1070. The van der Waals surface area contributed by atoms with E-state index >= 15 is 0 Å².